The number of allylic oxidation sites excluding steroid dienone is 5. The van der Waals surface area contributed by atoms with Crippen LogP contribution in [-0.2, 0) is 11.2 Å². The van der Waals surface area contributed by atoms with Crippen LogP contribution >= 0.6 is 0 Å². The zero-order valence-corrected chi connectivity index (χ0v) is 20.7. The molecule has 0 radical (unpaired) electrons. The lowest BCUT2D eigenvalue weighted by molar-refractivity contribution is -0.132. The van der Waals surface area contributed by atoms with Crippen LogP contribution in [0.2, 0.25) is 0 Å². The molecule has 0 amide bonds. The van der Waals surface area contributed by atoms with Gasteiger partial charge in [-0.2, -0.15) is 0 Å². The molecule has 1 aromatic carbocycles. The lowest BCUT2D eigenvalue weighted by atomic mass is 9.87. The number of carbonyl (C=O) groups is 1. The predicted octanol–water partition coefficient (Wildman–Crippen LogP) is 7.36. The van der Waals surface area contributed by atoms with Gasteiger partial charge in [-0.25, -0.2) is 4.79 Å². The first-order valence-corrected chi connectivity index (χ1v) is 11.7. The molecule has 1 atom stereocenters. The summed E-state index contributed by atoms with van der Waals surface area (Å²) in [4.78, 5) is 10.8. The number of aliphatic carboxylic acids is 1. The molecule has 1 aliphatic rings. The Morgan fingerprint density at radius 2 is 1.62 bits per heavy atom. The molecular formula is C28H40O4. The molecule has 32 heavy (non-hydrogen) atoms. The quantitative estimate of drug-likeness (QED) is 0.295. The summed E-state index contributed by atoms with van der Waals surface area (Å²) < 4.78 is 6.46. The molecule has 0 saturated heterocycles. The molecule has 4 nitrogen and oxygen atoms in total. The van der Waals surface area contributed by atoms with Crippen molar-refractivity contribution in [2.45, 2.75) is 98.5 Å². The summed E-state index contributed by atoms with van der Waals surface area (Å²) >= 11 is 0. The second-order valence-corrected chi connectivity index (χ2v) is 9.60. The van der Waals surface area contributed by atoms with Gasteiger partial charge in [-0.05, 0) is 116 Å². The second kappa shape index (κ2) is 11.4. The number of hydrogen-bond donors (Lipinski definition) is 2. The van der Waals surface area contributed by atoms with Gasteiger partial charge in [0.15, 0.2) is 0 Å². The molecule has 176 valence electrons. The Bertz CT molecular complexity index is 920. The summed E-state index contributed by atoms with van der Waals surface area (Å²) in [5, 5.41) is 19.0. The minimum atomic E-state index is -0.839. The van der Waals surface area contributed by atoms with E-state index in [1.165, 1.54) is 11.1 Å². The molecule has 0 aromatic heterocycles. The van der Waals surface area contributed by atoms with E-state index in [4.69, 9.17) is 9.84 Å². The average Bonchev–Trinajstić information content (AvgIpc) is 2.72. The third kappa shape index (κ3) is 7.29. The van der Waals surface area contributed by atoms with Crippen LogP contribution in [0.1, 0.15) is 89.3 Å². The molecule has 0 fully saturated rings. The van der Waals surface area contributed by atoms with Crippen molar-refractivity contribution < 1.29 is 19.7 Å². The van der Waals surface area contributed by atoms with Crippen molar-refractivity contribution in [3.05, 3.63) is 57.7 Å². The third-order valence-corrected chi connectivity index (χ3v) is 6.69. The fourth-order valence-corrected chi connectivity index (χ4v) is 4.12. The molecular weight excluding hydrogens is 400 g/mol. The van der Waals surface area contributed by atoms with Gasteiger partial charge in [0.2, 0.25) is 0 Å². The third-order valence-electron chi connectivity index (χ3n) is 6.69. The minimum Gasteiger partial charge on any atom is -0.508 e. The number of hydrogen-bond acceptors (Lipinski definition) is 3. The number of phenolic OH excluding ortho intramolecular Hbond substituents is 1. The topological polar surface area (TPSA) is 66.8 Å². The van der Waals surface area contributed by atoms with Crippen molar-refractivity contribution in [3.63, 3.8) is 0 Å². The molecule has 4 heteroatoms. The van der Waals surface area contributed by atoms with Gasteiger partial charge in [0.1, 0.15) is 17.1 Å². The van der Waals surface area contributed by atoms with Crippen molar-refractivity contribution in [2.24, 2.45) is 0 Å². The molecule has 0 spiro atoms. The van der Waals surface area contributed by atoms with Crippen molar-refractivity contribution in [1.82, 2.24) is 0 Å². The second-order valence-electron chi connectivity index (χ2n) is 9.60. The van der Waals surface area contributed by atoms with Crippen molar-refractivity contribution >= 4 is 5.97 Å². The highest BCUT2D eigenvalue weighted by atomic mass is 16.5. The summed E-state index contributed by atoms with van der Waals surface area (Å²) in [7, 11) is 0. The molecule has 1 heterocycles. The van der Waals surface area contributed by atoms with Crippen LogP contribution in [0.3, 0.4) is 0 Å². The maximum Gasteiger partial charge on any atom is 0.330 e. The minimum absolute atomic E-state index is 0.171. The van der Waals surface area contributed by atoms with Crippen LogP contribution in [0.5, 0.6) is 11.5 Å². The molecule has 2 rings (SSSR count). The van der Waals surface area contributed by atoms with E-state index in [1.807, 2.05) is 19.9 Å². The van der Waals surface area contributed by atoms with Gasteiger partial charge in [-0.15, -0.1) is 0 Å². The van der Waals surface area contributed by atoms with Gasteiger partial charge in [-0.3, -0.25) is 0 Å². The molecule has 1 unspecified atom stereocenters. The normalized spacial score (nSPS) is 19.5. The number of carboxylic acid groups (broad SMARTS) is 1. The predicted molar refractivity (Wildman–Crippen MR) is 132 cm³/mol. The van der Waals surface area contributed by atoms with Gasteiger partial charge in [0.25, 0.3) is 0 Å². The summed E-state index contributed by atoms with van der Waals surface area (Å²) in [6.07, 6.45) is 14.0. The summed E-state index contributed by atoms with van der Waals surface area (Å²) in [6, 6.07) is 1.86. The standard InChI is InChI=1S/C28H40O4/c1-19(12-8-14-21(3)27(30)31)10-7-11-20(2)13-9-16-28(6)17-15-24-18-25(29)22(4)23(5)26(24)32-28/h10,13-14,18,29H,7-9,11-12,15-17H2,1-6H3,(H,30,31)/b19-10+,20-13+,21-14+. The highest BCUT2D eigenvalue weighted by molar-refractivity contribution is 5.85. The Morgan fingerprint density at radius 3 is 2.25 bits per heavy atom. The SMILES string of the molecule is C/C(=C\CC/C(C)=C/CCC1(C)CCc2cc(O)c(C)c(C)c2O1)CC/C=C(\C)C(=O)O. The number of phenols is 1. The number of aromatic hydroxyl groups is 1. The van der Waals surface area contributed by atoms with Crippen molar-refractivity contribution in [3.8, 4) is 11.5 Å². The molecule has 0 aliphatic carbocycles. The Morgan fingerprint density at radius 1 is 1.03 bits per heavy atom. The summed E-state index contributed by atoms with van der Waals surface area (Å²) in [6.45, 7) is 12.1. The van der Waals surface area contributed by atoms with Crippen molar-refractivity contribution in [1.29, 1.82) is 0 Å². The number of benzene rings is 1. The molecule has 2 N–H and O–H groups in total. The number of carboxylic acids is 1. The fourth-order valence-electron chi connectivity index (χ4n) is 4.12. The lowest BCUT2D eigenvalue weighted by Crippen LogP contribution is -2.36. The molecule has 0 saturated carbocycles. The highest BCUT2D eigenvalue weighted by Crippen LogP contribution is 2.41. The maximum absolute atomic E-state index is 10.8. The number of ether oxygens (including phenoxy) is 1. The first kappa shape index (κ1) is 25.8. The van der Waals surface area contributed by atoms with Gasteiger partial charge in [-0.1, -0.05) is 29.4 Å². The fraction of sp³-hybridized carbons (Fsp3) is 0.536. The molecule has 1 aliphatic heterocycles. The molecule has 1 aromatic rings. The lowest BCUT2D eigenvalue weighted by Gasteiger charge is -2.37. The van der Waals surface area contributed by atoms with E-state index in [1.54, 1.807) is 13.0 Å². The number of rotatable bonds is 10. The van der Waals surface area contributed by atoms with Gasteiger partial charge < -0.3 is 14.9 Å². The number of fused-ring (bicyclic) bond motifs is 1. The molecule has 0 bridgehead atoms. The zero-order chi connectivity index (χ0) is 23.9. The van der Waals surface area contributed by atoms with Crippen LogP contribution < -0.4 is 4.74 Å². The maximum atomic E-state index is 10.8. The zero-order valence-electron chi connectivity index (χ0n) is 20.7. The largest absolute Gasteiger partial charge is 0.508 e. The Labute approximate surface area is 193 Å². The van der Waals surface area contributed by atoms with E-state index in [0.717, 1.165) is 73.8 Å². The Kier molecular flexibility index (Phi) is 9.18. The Hall–Kier alpha value is -2.49. The van der Waals surface area contributed by atoms with Crippen LogP contribution in [0.4, 0.5) is 0 Å². The first-order chi connectivity index (χ1) is 15.0. The van der Waals surface area contributed by atoms with E-state index in [2.05, 4.69) is 32.9 Å². The van der Waals surface area contributed by atoms with Gasteiger partial charge in [0, 0.05) is 5.57 Å². The van der Waals surface area contributed by atoms with Crippen LogP contribution in [0.15, 0.2) is 41.0 Å². The van der Waals surface area contributed by atoms with Crippen LogP contribution in [0.25, 0.3) is 0 Å². The van der Waals surface area contributed by atoms with E-state index in [9.17, 15) is 9.90 Å². The summed E-state index contributed by atoms with van der Waals surface area (Å²) in [5.74, 6) is 0.487. The smallest absolute Gasteiger partial charge is 0.330 e. The van der Waals surface area contributed by atoms with Crippen LogP contribution in [-0.4, -0.2) is 21.8 Å². The Balaban J connectivity index is 1.81. The van der Waals surface area contributed by atoms with Gasteiger partial charge in [0.05, 0.1) is 0 Å². The van der Waals surface area contributed by atoms with E-state index in [-0.39, 0.29) is 5.60 Å². The van der Waals surface area contributed by atoms with E-state index < -0.39 is 5.97 Å². The number of aryl methyl sites for hydroxylation is 1. The van der Waals surface area contributed by atoms with E-state index >= 15 is 0 Å². The average molecular weight is 441 g/mol. The van der Waals surface area contributed by atoms with Crippen molar-refractivity contribution in [2.75, 3.05) is 0 Å². The van der Waals surface area contributed by atoms with Gasteiger partial charge >= 0.3 is 5.97 Å². The first-order valence-electron chi connectivity index (χ1n) is 11.7. The van der Waals surface area contributed by atoms with E-state index in [0.29, 0.717) is 11.3 Å². The summed E-state index contributed by atoms with van der Waals surface area (Å²) in [5.41, 5.74) is 6.02. The monoisotopic (exact) mass is 440 g/mol. The highest BCUT2D eigenvalue weighted by Gasteiger charge is 2.32. The van der Waals surface area contributed by atoms with Crippen LogP contribution in [0, 0.1) is 13.8 Å².